The van der Waals surface area contributed by atoms with Gasteiger partial charge in [-0.15, -0.1) is 0 Å². The van der Waals surface area contributed by atoms with Gasteiger partial charge in [0.2, 0.25) is 5.91 Å². The van der Waals surface area contributed by atoms with E-state index in [1.807, 2.05) is 32.9 Å². The summed E-state index contributed by atoms with van der Waals surface area (Å²) in [6, 6.07) is 12.5. The molecule has 0 unspecified atom stereocenters. The van der Waals surface area contributed by atoms with Gasteiger partial charge in [0.1, 0.15) is 5.75 Å². The Balaban J connectivity index is 1.70. The highest BCUT2D eigenvalue weighted by molar-refractivity contribution is 5.95. The van der Waals surface area contributed by atoms with Gasteiger partial charge in [0.15, 0.2) is 6.61 Å². The zero-order valence-electron chi connectivity index (χ0n) is 16.9. The summed E-state index contributed by atoms with van der Waals surface area (Å²) in [6.07, 6.45) is -0.149. The van der Waals surface area contributed by atoms with Crippen molar-refractivity contribution < 1.29 is 23.9 Å². The number of ether oxygens (including phenoxy) is 2. The number of rotatable bonds is 9. The summed E-state index contributed by atoms with van der Waals surface area (Å²) in [5, 5.41) is 5.41. The lowest BCUT2D eigenvalue weighted by molar-refractivity contribution is -0.147. The molecule has 7 heteroatoms. The van der Waals surface area contributed by atoms with Crippen LogP contribution in [0.4, 0.5) is 11.4 Å². The van der Waals surface area contributed by atoms with Gasteiger partial charge in [-0.2, -0.15) is 0 Å². The van der Waals surface area contributed by atoms with E-state index in [-0.39, 0.29) is 18.7 Å². The predicted octanol–water partition coefficient (Wildman–Crippen LogP) is 3.60. The largest absolute Gasteiger partial charge is 0.494 e. The first kappa shape index (κ1) is 21.9. The van der Waals surface area contributed by atoms with E-state index in [1.54, 1.807) is 30.3 Å². The van der Waals surface area contributed by atoms with Crippen LogP contribution in [0.1, 0.15) is 30.9 Å². The number of esters is 1. The molecule has 2 rings (SSSR count). The molecule has 7 nitrogen and oxygen atoms in total. The Bertz CT molecular complexity index is 862. The van der Waals surface area contributed by atoms with Crippen molar-refractivity contribution in [2.45, 2.75) is 33.6 Å². The maximum atomic E-state index is 12.0. The molecule has 0 aliphatic carbocycles. The molecule has 0 aromatic heterocycles. The quantitative estimate of drug-likeness (QED) is 0.630. The van der Waals surface area contributed by atoms with Gasteiger partial charge < -0.3 is 20.1 Å². The molecule has 2 amide bonds. The molecule has 0 fully saturated rings. The van der Waals surface area contributed by atoms with E-state index < -0.39 is 18.5 Å². The van der Waals surface area contributed by atoms with Crippen LogP contribution >= 0.6 is 0 Å². The summed E-state index contributed by atoms with van der Waals surface area (Å²) in [5.74, 6) is -0.631. The monoisotopic (exact) mass is 398 g/mol. The maximum Gasteiger partial charge on any atom is 0.306 e. The second kappa shape index (κ2) is 10.8. The van der Waals surface area contributed by atoms with Crippen LogP contribution < -0.4 is 15.4 Å². The van der Waals surface area contributed by atoms with Crippen LogP contribution in [0.2, 0.25) is 0 Å². The van der Waals surface area contributed by atoms with Crippen molar-refractivity contribution in [2.75, 3.05) is 23.8 Å². The molecule has 0 heterocycles. The van der Waals surface area contributed by atoms with Crippen molar-refractivity contribution in [1.82, 2.24) is 0 Å². The zero-order valence-corrected chi connectivity index (χ0v) is 16.9. The molecule has 0 aliphatic rings. The molecule has 0 atom stereocenters. The highest BCUT2D eigenvalue weighted by Gasteiger charge is 2.12. The van der Waals surface area contributed by atoms with Crippen LogP contribution in [0.3, 0.4) is 0 Å². The van der Waals surface area contributed by atoms with Crippen LogP contribution in [-0.4, -0.2) is 31.0 Å². The summed E-state index contributed by atoms with van der Waals surface area (Å²) in [5.41, 5.74) is 3.30. The van der Waals surface area contributed by atoms with Crippen LogP contribution in [0.15, 0.2) is 42.5 Å². The molecule has 154 valence electrons. The first-order valence-electron chi connectivity index (χ1n) is 9.43. The summed E-state index contributed by atoms with van der Waals surface area (Å²) in [7, 11) is 0. The molecule has 0 saturated heterocycles. The van der Waals surface area contributed by atoms with Crippen LogP contribution in [0.25, 0.3) is 0 Å². The topological polar surface area (TPSA) is 93.7 Å². The minimum Gasteiger partial charge on any atom is -0.494 e. The van der Waals surface area contributed by atoms with E-state index in [0.717, 1.165) is 11.1 Å². The van der Waals surface area contributed by atoms with Crippen molar-refractivity contribution in [2.24, 2.45) is 0 Å². The first-order valence-corrected chi connectivity index (χ1v) is 9.43. The lowest BCUT2D eigenvalue weighted by Crippen LogP contribution is -2.22. The zero-order chi connectivity index (χ0) is 21.2. The molecule has 29 heavy (non-hydrogen) atoms. The summed E-state index contributed by atoms with van der Waals surface area (Å²) < 4.78 is 10.3. The molecule has 2 N–H and O–H groups in total. The molecule has 0 spiro atoms. The van der Waals surface area contributed by atoms with E-state index in [1.165, 1.54) is 0 Å². The fourth-order valence-corrected chi connectivity index (χ4v) is 2.53. The second-order valence-corrected chi connectivity index (χ2v) is 6.46. The lowest BCUT2D eigenvalue weighted by Gasteiger charge is -2.10. The second-order valence-electron chi connectivity index (χ2n) is 6.46. The van der Waals surface area contributed by atoms with E-state index in [4.69, 9.17) is 9.47 Å². The fraction of sp³-hybridized carbons (Fsp3) is 0.318. The predicted molar refractivity (Wildman–Crippen MR) is 111 cm³/mol. The van der Waals surface area contributed by atoms with Crippen LogP contribution in [-0.2, 0) is 19.1 Å². The lowest BCUT2D eigenvalue weighted by atomic mass is 10.1. The minimum atomic E-state index is -0.608. The van der Waals surface area contributed by atoms with E-state index >= 15 is 0 Å². The van der Waals surface area contributed by atoms with Gasteiger partial charge in [-0.25, -0.2) is 0 Å². The molecular weight excluding hydrogens is 372 g/mol. The summed E-state index contributed by atoms with van der Waals surface area (Å²) in [6.45, 7) is 5.91. The van der Waals surface area contributed by atoms with Crippen molar-refractivity contribution in [3.63, 3.8) is 0 Å². The molecular formula is C22H26N2O5. The number of anilines is 2. The highest BCUT2D eigenvalue weighted by atomic mass is 16.5. The van der Waals surface area contributed by atoms with Crippen molar-refractivity contribution in [3.05, 3.63) is 53.6 Å². The third-order valence-corrected chi connectivity index (χ3v) is 4.25. The van der Waals surface area contributed by atoms with Crippen molar-refractivity contribution >= 4 is 29.2 Å². The van der Waals surface area contributed by atoms with Crippen LogP contribution in [0, 0.1) is 13.8 Å². The summed E-state index contributed by atoms with van der Waals surface area (Å²) >= 11 is 0. The Kier molecular flexibility index (Phi) is 8.21. The number of benzene rings is 2. The number of aryl methyl sites for hydroxylation is 1. The average Bonchev–Trinajstić information content (AvgIpc) is 2.70. The molecule has 0 saturated carbocycles. The Morgan fingerprint density at radius 1 is 0.897 bits per heavy atom. The summed E-state index contributed by atoms with van der Waals surface area (Å²) in [4.78, 5) is 35.7. The number of amides is 2. The smallest absolute Gasteiger partial charge is 0.306 e. The molecule has 0 radical (unpaired) electrons. The number of nitrogens with one attached hydrogen (secondary N) is 2. The number of carbonyl (C=O) groups excluding carboxylic acids is 3. The van der Waals surface area contributed by atoms with Gasteiger partial charge in [-0.1, -0.05) is 12.1 Å². The van der Waals surface area contributed by atoms with E-state index in [9.17, 15) is 14.4 Å². The van der Waals surface area contributed by atoms with Gasteiger partial charge in [0.05, 0.1) is 13.0 Å². The first-order chi connectivity index (χ1) is 13.9. The van der Waals surface area contributed by atoms with Crippen LogP contribution in [0.5, 0.6) is 5.75 Å². The van der Waals surface area contributed by atoms with Gasteiger partial charge >= 0.3 is 5.97 Å². The Morgan fingerprint density at radius 2 is 1.62 bits per heavy atom. The third kappa shape index (κ3) is 7.29. The minimum absolute atomic E-state index is 0.0371. The maximum absolute atomic E-state index is 12.0. The number of carbonyl (C=O) groups is 3. The van der Waals surface area contributed by atoms with Gasteiger partial charge in [-0.3, -0.25) is 14.4 Å². The van der Waals surface area contributed by atoms with E-state index in [0.29, 0.717) is 23.7 Å². The standard InChI is InChI=1S/C22H26N2O5/c1-4-28-18-10-8-17(9-11-18)23-20(25)12-13-22(27)29-14-21(26)24-19-7-5-6-15(2)16(19)3/h5-11H,4,12-14H2,1-3H3,(H,23,25)(H,24,26). The molecule has 2 aromatic carbocycles. The van der Waals surface area contributed by atoms with Gasteiger partial charge in [0, 0.05) is 17.8 Å². The van der Waals surface area contributed by atoms with E-state index in [2.05, 4.69) is 10.6 Å². The SMILES string of the molecule is CCOc1ccc(NC(=O)CCC(=O)OCC(=O)Nc2cccc(C)c2C)cc1. The molecule has 2 aromatic rings. The number of hydrogen-bond acceptors (Lipinski definition) is 5. The normalized spacial score (nSPS) is 10.2. The fourth-order valence-electron chi connectivity index (χ4n) is 2.53. The Hall–Kier alpha value is -3.35. The molecule has 0 aliphatic heterocycles. The number of hydrogen-bond donors (Lipinski definition) is 2. The van der Waals surface area contributed by atoms with Crippen molar-refractivity contribution in [1.29, 1.82) is 0 Å². The molecule has 0 bridgehead atoms. The Labute approximate surface area is 170 Å². The third-order valence-electron chi connectivity index (χ3n) is 4.25. The Morgan fingerprint density at radius 3 is 2.31 bits per heavy atom. The highest BCUT2D eigenvalue weighted by Crippen LogP contribution is 2.18. The van der Waals surface area contributed by atoms with Gasteiger partial charge in [-0.05, 0) is 62.2 Å². The average molecular weight is 398 g/mol. The van der Waals surface area contributed by atoms with Gasteiger partial charge in [0.25, 0.3) is 5.91 Å². The van der Waals surface area contributed by atoms with Crippen molar-refractivity contribution in [3.8, 4) is 5.75 Å².